The minimum atomic E-state index is -0.519. The minimum absolute atomic E-state index is 0.0981. The summed E-state index contributed by atoms with van der Waals surface area (Å²) in [5.41, 5.74) is 1.51. The van der Waals surface area contributed by atoms with E-state index >= 15 is 0 Å². The summed E-state index contributed by atoms with van der Waals surface area (Å²) in [4.78, 5) is 23.2. The van der Waals surface area contributed by atoms with Gasteiger partial charge in [-0.15, -0.1) is 11.3 Å². The van der Waals surface area contributed by atoms with E-state index in [1.54, 1.807) is 34.5 Å². The van der Waals surface area contributed by atoms with E-state index in [0.717, 1.165) is 11.1 Å². The molecule has 1 aromatic carbocycles. The third-order valence-corrected chi connectivity index (χ3v) is 5.51. The fraction of sp³-hybridized carbons (Fsp3) is 0.105. The van der Waals surface area contributed by atoms with Crippen LogP contribution in [0.5, 0.6) is 0 Å². The summed E-state index contributed by atoms with van der Waals surface area (Å²) in [6, 6.07) is 7.68. The highest BCUT2D eigenvalue weighted by molar-refractivity contribution is 7.12. The van der Waals surface area contributed by atoms with Crippen molar-refractivity contribution in [3.63, 3.8) is 0 Å². The Morgan fingerprint density at radius 2 is 1.94 bits per heavy atom. The average molecular weight is 461 g/mol. The minimum Gasteiger partial charge on any atom is -0.303 e. The molecule has 3 aromatic heterocycles. The van der Waals surface area contributed by atoms with E-state index in [9.17, 15) is 19.3 Å². The molecule has 0 bridgehead atoms. The molecule has 0 saturated heterocycles. The molecule has 0 radical (unpaired) electrons. The van der Waals surface area contributed by atoms with Crippen molar-refractivity contribution in [3.8, 4) is 0 Å². The second-order valence-corrected chi connectivity index (χ2v) is 7.89. The van der Waals surface area contributed by atoms with E-state index < -0.39 is 4.92 Å². The van der Waals surface area contributed by atoms with Gasteiger partial charge >= 0.3 is 5.69 Å². The van der Waals surface area contributed by atoms with Gasteiger partial charge in [0.25, 0.3) is 5.91 Å². The molecule has 0 unspecified atom stereocenters. The Morgan fingerprint density at radius 3 is 2.65 bits per heavy atom. The van der Waals surface area contributed by atoms with E-state index in [1.807, 2.05) is 0 Å². The van der Waals surface area contributed by atoms with Crippen LogP contribution >= 0.6 is 22.9 Å². The van der Waals surface area contributed by atoms with Crippen LogP contribution in [-0.4, -0.2) is 30.4 Å². The summed E-state index contributed by atoms with van der Waals surface area (Å²) in [7, 11) is 0. The van der Waals surface area contributed by atoms with Crippen molar-refractivity contribution < 1.29 is 14.1 Å². The normalized spacial score (nSPS) is 10.9. The SMILES string of the molecule is O=C(Nc1nn(Cc2ccc(F)cc2)cc1Cl)c1cc(Cn2cc([N+](=O)[O-])cn2)cs1. The average Bonchev–Trinajstić information content (AvgIpc) is 3.45. The van der Waals surface area contributed by atoms with Gasteiger partial charge in [0.05, 0.1) is 22.9 Å². The molecule has 3 heterocycles. The number of carbonyl (C=O) groups excluding carboxylic acids is 1. The largest absolute Gasteiger partial charge is 0.307 e. The Morgan fingerprint density at radius 1 is 1.19 bits per heavy atom. The molecule has 4 aromatic rings. The topological polar surface area (TPSA) is 108 Å². The molecular formula is C19H14ClFN6O3S. The first-order valence-electron chi connectivity index (χ1n) is 8.90. The smallest absolute Gasteiger partial charge is 0.303 e. The Labute approximate surface area is 183 Å². The number of nitro groups is 1. The summed E-state index contributed by atoms with van der Waals surface area (Å²) >= 11 is 7.41. The first-order valence-corrected chi connectivity index (χ1v) is 10.2. The van der Waals surface area contributed by atoms with Crippen LogP contribution in [0.3, 0.4) is 0 Å². The predicted molar refractivity (Wildman–Crippen MR) is 113 cm³/mol. The number of nitrogens with one attached hydrogen (secondary N) is 1. The number of nitrogens with zero attached hydrogens (tertiary/aromatic N) is 5. The first kappa shape index (κ1) is 20.7. The molecule has 1 amide bonds. The van der Waals surface area contributed by atoms with Crippen molar-refractivity contribution in [1.29, 1.82) is 0 Å². The van der Waals surface area contributed by atoms with Gasteiger partial charge in [-0.3, -0.25) is 24.3 Å². The predicted octanol–water partition coefficient (Wildman–Crippen LogP) is 4.19. The molecule has 0 spiro atoms. The van der Waals surface area contributed by atoms with Gasteiger partial charge in [0, 0.05) is 6.20 Å². The summed E-state index contributed by atoms with van der Waals surface area (Å²) in [5, 5.41) is 23.7. The van der Waals surface area contributed by atoms with Gasteiger partial charge in [0.2, 0.25) is 0 Å². The number of anilines is 1. The van der Waals surface area contributed by atoms with Gasteiger partial charge in [0.15, 0.2) is 5.82 Å². The second-order valence-electron chi connectivity index (χ2n) is 6.58. The maximum Gasteiger partial charge on any atom is 0.307 e. The van der Waals surface area contributed by atoms with Crippen LogP contribution in [0.2, 0.25) is 5.02 Å². The number of hydrogen-bond donors (Lipinski definition) is 1. The molecule has 12 heteroatoms. The Bertz CT molecular complexity index is 1250. The van der Waals surface area contributed by atoms with Crippen LogP contribution in [0.4, 0.5) is 15.9 Å². The number of hydrogen-bond acceptors (Lipinski definition) is 6. The highest BCUT2D eigenvalue weighted by Gasteiger charge is 2.15. The lowest BCUT2D eigenvalue weighted by molar-refractivity contribution is -0.385. The molecule has 31 heavy (non-hydrogen) atoms. The monoisotopic (exact) mass is 460 g/mol. The lowest BCUT2D eigenvalue weighted by Crippen LogP contribution is -2.12. The molecular weight excluding hydrogens is 447 g/mol. The first-order chi connectivity index (χ1) is 14.9. The van der Waals surface area contributed by atoms with Crippen molar-refractivity contribution >= 4 is 40.4 Å². The van der Waals surface area contributed by atoms with E-state index in [-0.39, 0.29) is 28.3 Å². The maximum absolute atomic E-state index is 13.0. The zero-order chi connectivity index (χ0) is 22.0. The highest BCUT2D eigenvalue weighted by atomic mass is 35.5. The van der Waals surface area contributed by atoms with Gasteiger partial charge in [0.1, 0.15) is 23.2 Å². The van der Waals surface area contributed by atoms with Crippen LogP contribution in [0.15, 0.2) is 54.3 Å². The quantitative estimate of drug-likeness (QED) is 0.328. The van der Waals surface area contributed by atoms with Crippen molar-refractivity contribution in [2.24, 2.45) is 0 Å². The second kappa shape index (κ2) is 8.66. The molecule has 9 nitrogen and oxygen atoms in total. The third-order valence-electron chi connectivity index (χ3n) is 4.26. The number of aromatic nitrogens is 4. The molecule has 0 aliphatic heterocycles. The number of halogens is 2. The zero-order valence-corrected chi connectivity index (χ0v) is 17.3. The Balaban J connectivity index is 1.40. The molecule has 0 saturated carbocycles. The zero-order valence-electron chi connectivity index (χ0n) is 15.7. The Kier molecular flexibility index (Phi) is 5.78. The fourth-order valence-electron chi connectivity index (χ4n) is 2.81. The highest BCUT2D eigenvalue weighted by Crippen LogP contribution is 2.23. The molecule has 158 valence electrons. The van der Waals surface area contributed by atoms with Crippen LogP contribution in [0.25, 0.3) is 0 Å². The molecule has 0 aliphatic carbocycles. The van der Waals surface area contributed by atoms with Crippen LogP contribution in [0, 0.1) is 15.9 Å². The summed E-state index contributed by atoms with van der Waals surface area (Å²) in [5.74, 6) is -0.487. The third kappa shape index (κ3) is 4.95. The van der Waals surface area contributed by atoms with Crippen LogP contribution in [-0.2, 0) is 13.1 Å². The Hall–Kier alpha value is -3.57. The van der Waals surface area contributed by atoms with E-state index in [1.165, 1.54) is 40.5 Å². The number of benzene rings is 1. The number of amides is 1. The van der Waals surface area contributed by atoms with E-state index in [0.29, 0.717) is 18.0 Å². The van der Waals surface area contributed by atoms with Crippen LogP contribution in [0.1, 0.15) is 20.8 Å². The van der Waals surface area contributed by atoms with Crippen LogP contribution < -0.4 is 5.32 Å². The maximum atomic E-state index is 13.0. The van der Waals surface area contributed by atoms with Crippen molar-refractivity contribution in [2.45, 2.75) is 13.1 Å². The summed E-state index contributed by atoms with van der Waals surface area (Å²) in [6.07, 6.45) is 4.07. The fourth-order valence-corrected chi connectivity index (χ4v) is 3.80. The van der Waals surface area contributed by atoms with Gasteiger partial charge in [-0.1, -0.05) is 23.7 Å². The van der Waals surface area contributed by atoms with Crippen molar-refractivity contribution in [2.75, 3.05) is 5.32 Å². The van der Waals surface area contributed by atoms with E-state index in [2.05, 4.69) is 15.5 Å². The van der Waals surface area contributed by atoms with Gasteiger partial charge in [-0.25, -0.2) is 4.39 Å². The van der Waals surface area contributed by atoms with Gasteiger partial charge in [-0.2, -0.15) is 10.2 Å². The standard InChI is InChI=1S/C19H14ClFN6O3S/c20-16-10-26(7-12-1-3-14(21)4-2-12)24-18(16)23-19(28)17-5-13(11-31-17)8-25-9-15(6-22-25)27(29)30/h1-6,9-11H,7-8H2,(H,23,24,28). The lowest BCUT2D eigenvalue weighted by Gasteiger charge is -2.02. The van der Waals surface area contributed by atoms with Gasteiger partial charge in [-0.05, 0) is 34.7 Å². The molecule has 0 atom stereocenters. The number of carbonyl (C=O) groups is 1. The molecule has 4 rings (SSSR count). The van der Waals surface area contributed by atoms with Crippen molar-refractivity contribution in [1.82, 2.24) is 19.6 Å². The summed E-state index contributed by atoms with van der Waals surface area (Å²) in [6.45, 7) is 0.666. The van der Waals surface area contributed by atoms with Gasteiger partial charge < -0.3 is 5.32 Å². The molecule has 0 aliphatic rings. The molecule has 0 fully saturated rings. The molecule has 1 N–H and O–H groups in total. The number of rotatable bonds is 7. The summed E-state index contributed by atoms with van der Waals surface area (Å²) < 4.78 is 16.0. The number of thiophene rings is 1. The van der Waals surface area contributed by atoms with Crippen molar-refractivity contribution in [3.05, 3.63) is 91.3 Å². The lowest BCUT2D eigenvalue weighted by atomic mass is 10.2. The van der Waals surface area contributed by atoms with E-state index in [4.69, 9.17) is 11.6 Å².